The smallest absolute Gasteiger partial charge is 0.363 e. The Morgan fingerprint density at radius 3 is 2.00 bits per heavy atom. The number of halogens is 3. The fraction of sp³-hybridized carbons (Fsp3) is 0.143. The van der Waals surface area contributed by atoms with Crippen molar-refractivity contribution in [2.45, 2.75) is 3.79 Å². The standard InChI is InChI=1S/C14H11Cl3N2O5/c1-18(13(23)14(15,16)17)9-4-2-8(3-5-9)12(22)24-19-10(20)6-7-11(19)21/h2-7,20-21H,1H3. The zero-order valence-electron chi connectivity index (χ0n) is 12.1. The average molecular weight is 394 g/mol. The number of alkyl halides is 3. The van der Waals surface area contributed by atoms with Gasteiger partial charge >= 0.3 is 5.97 Å². The van der Waals surface area contributed by atoms with Gasteiger partial charge in [-0.05, 0) is 24.3 Å². The van der Waals surface area contributed by atoms with Crippen LogP contribution in [0.2, 0.25) is 0 Å². The summed E-state index contributed by atoms with van der Waals surface area (Å²) >= 11 is 16.6. The van der Waals surface area contributed by atoms with E-state index < -0.39 is 27.4 Å². The van der Waals surface area contributed by atoms with Crippen LogP contribution in [0, 0.1) is 0 Å². The van der Waals surface area contributed by atoms with Crippen molar-refractivity contribution in [3.8, 4) is 11.8 Å². The summed E-state index contributed by atoms with van der Waals surface area (Å²) in [5.41, 5.74) is 0.496. The molecule has 0 aliphatic rings. The number of aromatic hydroxyl groups is 2. The lowest BCUT2D eigenvalue weighted by Gasteiger charge is -2.21. The highest BCUT2D eigenvalue weighted by Crippen LogP contribution is 2.30. The van der Waals surface area contributed by atoms with Gasteiger partial charge in [0.2, 0.25) is 11.8 Å². The van der Waals surface area contributed by atoms with Gasteiger partial charge in [0.15, 0.2) is 0 Å². The second-order valence-corrected chi connectivity index (χ2v) is 6.91. The molecular formula is C14H11Cl3N2O5. The Bertz CT molecular complexity index is 748. The Kier molecular flexibility index (Phi) is 5.17. The predicted molar refractivity (Wildman–Crippen MR) is 88.8 cm³/mol. The van der Waals surface area contributed by atoms with E-state index >= 15 is 0 Å². The van der Waals surface area contributed by atoms with Crippen molar-refractivity contribution in [1.29, 1.82) is 0 Å². The first-order chi connectivity index (χ1) is 11.1. The van der Waals surface area contributed by atoms with Gasteiger partial charge in [-0.1, -0.05) is 34.8 Å². The number of nitrogens with zero attached hydrogens (tertiary/aromatic N) is 2. The molecule has 7 nitrogen and oxygen atoms in total. The van der Waals surface area contributed by atoms with Crippen molar-refractivity contribution in [2.75, 3.05) is 11.9 Å². The average Bonchev–Trinajstić information content (AvgIpc) is 2.84. The molecule has 2 rings (SSSR count). The first-order valence-corrected chi connectivity index (χ1v) is 7.52. The van der Waals surface area contributed by atoms with E-state index in [0.29, 0.717) is 10.4 Å². The second kappa shape index (κ2) is 6.80. The van der Waals surface area contributed by atoms with E-state index in [2.05, 4.69) is 0 Å². The van der Waals surface area contributed by atoms with Crippen molar-refractivity contribution in [2.24, 2.45) is 0 Å². The summed E-state index contributed by atoms with van der Waals surface area (Å²) in [6, 6.07) is 7.95. The van der Waals surface area contributed by atoms with Crippen molar-refractivity contribution in [3.63, 3.8) is 0 Å². The summed E-state index contributed by atoms with van der Waals surface area (Å²) in [5, 5.41) is 18.9. The molecule has 24 heavy (non-hydrogen) atoms. The Hall–Kier alpha value is -2.09. The van der Waals surface area contributed by atoms with Crippen LogP contribution in [-0.2, 0) is 4.79 Å². The minimum Gasteiger partial charge on any atom is -0.492 e. The van der Waals surface area contributed by atoms with Crippen LogP contribution in [0.25, 0.3) is 0 Å². The van der Waals surface area contributed by atoms with E-state index in [1.165, 1.54) is 31.3 Å². The van der Waals surface area contributed by atoms with Crippen molar-refractivity contribution >= 4 is 52.4 Å². The van der Waals surface area contributed by atoms with Gasteiger partial charge in [0.05, 0.1) is 5.56 Å². The molecule has 0 atom stereocenters. The van der Waals surface area contributed by atoms with Gasteiger partial charge in [-0.2, -0.15) is 0 Å². The zero-order valence-corrected chi connectivity index (χ0v) is 14.4. The molecule has 10 heteroatoms. The molecule has 0 fully saturated rings. The fourth-order valence-corrected chi connectivity index (χ4v) is 2.14. The number of rotatable bonds is 3. The van der Waals surface area contributed by atoms with E-state index in [-0.39, 0.29) is 5.56 Å². The predicted octanol–water partition coefficient (Wildman–Crippen LogP) is 2.50. The number of benzene rings is 1. The lowest BCUT2D eigenvalue weighted by molar-refractivity contribution is -0.117. The molecular weight excluding hydrogens is 383 g/mol. The molecule has 0 spiro atoms. The number of anilines is 1. The molecule has 0 unspecified atom stereocenters. The third kappa shape index (κ3) is 3.87. The van der Waals surface area contributed by atoms with Crippen molar-refractivity contribution < 1.29 is 24.6 Å². The maximum atomic E-state index is 12.0. The van der Waals surface area contributed by atoms with Crippen molar-refractivity contribution in [3.05, 3.63) is 42.0 Å². The number of amides is 1. The lowest BCUT2D eigenvalue weighted by atomic mass is 10.2. The lowest BCUT2D eigenvalue weighted by Crippen LogP contribution is -2.36. The van der Waals surface area contributed by atoms with E-state index in [4.69, 9.17) is 39.6 Å². The summed E-state index contributed by atoms with van der Waals surface area (Å²) < 4.78 is -1.54. The summed E-state index contributed by atoms with van der Waals surface area (Å²) in [6.07, 6.45) is 0. The molecule has 2 aromatic rings. The van der Waals surface area contributed by atoms with Gasteiger partial charge in [-0.25, -0.2) is 4.79 Å². The van der Waals surface area contributed by atoms with Gasteiger partial charge in [0, 0.05) is 24.9 Å². The molecule has 1 heterocycles. The highest BCUT2D eigenvalue weighted by atomic mass is 35.6. The normalized spacial score (nSPS) is 11.2. The number of carbonyl (C=O) groups excluding carboxylic acids is 2. The first kappa shape index (κ1) is 18.3. The number of aromatic nitrogens is 1. The van der Waals surface area contributed by atoms with Crippen LogP contribution in [0.1, 0.15) is 10.4 Å². The summed E-state index contributed by atoms with van der Waals surface area (Å²) in [6.45, 7) is 0. The summed E-state index contributed by atoms with van der Waals surface area (Å²) in [5.74, 6) is -2.47. The van der Waals surface area contributed by atoms with Crippen LogP contribution < -0.4 is 9.74 Å². The van der Waals surface area contributed by atoms with Gasteiger partial charge < -0.3 is 20.0 Å². The van der Waals surface area contributed by atoms with Gasteiger partial charge in [-0.3, -0.25) is 4.79 Å². The minimum atomic E-state index is -2.10. The maximum Gasteiger partial charge on any atom is 0.363 e. The van der Waals surface area contributed by atoms with E-state index in [9.17, 15) is 19.8 Å². The Balaban J connectivity index is 2.14. The van der Waals surface area contributed by atoms with Gasteiger partial charge in [0.25, 0.3) is 9.70 Å². The molecule has 1 amide bonds. The molecule has 1 aromatic carbocycles. The molecule has 0 bridgehead atoms. The minimum absolute atomic E-state index is 0.112. The Morgan fingerprint density at radius 1 is 1.04 bits per heavy atom. The van der Waals surface area contributed by atoms with Crippen LogP contribution >= 0.6 is 34.8 Å². The summed E-state index contributed by atoms with van der Waals surface area (Å²) in [4.78, 5) is 29.8. The Labute approximate surface area is 151 Å². The van der Waals surface area contributed by atoms with E-state index in [0.717, 1.165) is 17.0 Å². The van der Waals surface area contributed by atoms with Crippen LogP contribution in [0.4, 0.5) is 5.69 Å². The molecule has 0 aliphatic heterocycles. The van der Waals surface area contributed by atoms with E-state index in [1.54, 1.807) is 0 Å². The second-order valence-electron chi connectivity index (χ2n) is 4.63. The van der Waals surface area contributed by atoms with E-state index in [1.807, 2.05) is 0 Å². The number of hydrogen-bond donors (Lipinski definition) is 2. The molecule has 128 valence electrons. The number of hydrogen-bond acceptors (Lipinski definition) is 5. The SMILES string of the molecule is CN(C(=O)C(Cl)(Cl)Cl)c1ccc(C(=O)On2c(O)ccc2O)cc1. The Morgan fingerprint density at radius 2 is 1.54 bits per heavy atom. The van der Waals surface area contributed by atoms with Crippen LogP contribution in [-0.4, -0.2) is 37.7 Å². The molecule has 1 aromatic heterocycles. The third-order valence-electron chi connectivity index (χ3n) is 3.01. The van der Waals surface area contributed by atoms with Crippen molar-refractivity contribution in [1.82, 2.24) is 4.73 Å². The highest BCUT2D eigenvalue weighted by molar-refractivity contribution is 6.76. The molecule has 0 aliphatic carbocycles. The van der Waals surface area contributed by atoms with Crippen LogP contribution in [0.5, 0.6) is 11.8 Å². The molecule has 0 saturated heterocycles. The van der Waals surface area contributed by atoms with Crippen LogP contribution in [0.3, 0.4) is 0 Å². The molecule has 2 N–H and O–H groups in total. The fourth-order valence-electron chi connectivity index (χ4n) is 1.76. The zero-order chi connectivity index (χ0) is 18.1. The monoisotopic (exact) mass is 392 g/mol. The first-order valence-electron chi connectivity index (χ1n) is 6.38. The largest absolute Gasteiger partial charge is 0.492 e. The number of carbonyl (C=O) groups is 2. The summed E-state index contributed by atoms with van der Waals surface area (Å²) in [7, 11) is 1.41. The molecule has 0 radical (unpaired) electrons. The highest BCUT2D eigenvalue weighted by Gasteiger charge is 2.34. The van der Waals surface area contributed by atoms with Gasteiger partial charge in [-0.15, -0.1) is 4.73 Å². The molecule has 0 saturated carbocycles. The quantitative estimate of drug-likeness (QED) is 0.782. The third-order valence-corrected chi connectivity index (χ3v) is 3.49. The van der Waals surface area contributed by atoms with Crippen LogP contribution in [0.15, 0.2) is 36.4 Å². The maximum absolute atomic E-state index is 12.0. The topological polar surface area (TPSA) is 92.0 Å². The van der Waals surface area contributed by atoms with Gasteiger partial charge in [0.1, 0.15) is 0 Å².